The number of rotatable bonds is 5. The summed E-state index contributed by atoms with van der Waals surface area (Å²) in [6.07, 6.45) is 3.39. The predicted octanol–water partition coefficient (Wildman–Crippen LogP) is 3.61. The zero-order valence-electron chi connectivity index (χ0n) is 15.0. The SMILES string of the molecule is Cc1nc(NC(C)C(=O)NCc2ccccc2)c2c3c(sc2n1)CCC3. The molecular formula is C20H22N4OS. The topological polar surface area (TPSA) is 66.9 Å². The van der Waals surface area contributed by atoms with Gasteiger partial charge in [-0.05, 0) is 44.2 Å². The molecule has 134 valence electrons. The summed E-state index contributed by atoms with van der Waals surface area (Å²) in [4.78, 5) is 24.1. The molecule has 4 rings (SSSR count). The summed E-state index contributed by atoms with van der Waals surface area (Å²) in [6, 6.07) is 9.56. The third kappa shape index (κ3) is 3.29. The molecule has 0 aliphatic heterocycles. The van der Waals surface area contributed by atoms with E-state index in [1.165, 1.54) is 16.9 Å². The van der Waals surface area contributed by atoms with Gasteiger partial charge in [0.1, 0.15) is 22.5 Å². The molecule has 0 saturated heterocycles. The number of hydrogen-bond acceptors (Lipinski definition) is 5. The molecule has 26 heavy (non-hydrogen) atoms. The van der Waals surface area contributed by atoms with Crippen LogP contribution in [0.15, 0.2) is 30.3 Å². The summed E-state index contributed by atoms with van der Waals surface area (Å²) >= 11 is 1.77. The number of anilines is 1. The number of carbonyl (C=O) groups excluding carboxylic acids is 1. The standard InChI is InChI=1S/C20H22N4OS/c1-12(19(25)21-11-14-7-4-3-5-8-14)22-18-17-15-9-6-10-16(15)26-20(17)24-13(2)23-18/h3-5,7-8,12H,6,9-11H2,1-2H3,(H,21,25)(H,22,23,24). The smallest absolute Gasteiger partial charge is 0.242 e. The second-order valence-corrected chi connectivity index (χ2v) is 7.81. The lowest BCUT2D eigenvalue weighted by molar-refractivity contribution is -0.121. The second-order valence-electron chi connectivity index (χ2n) is 6.73. The van der Waals surface area contributed by atoms with Crippen LogP contribution in [0, 0.1) is 6.92 Å². The van der Waals surface area contributed by atoms with Crippen LogP contribution >= 0.6 is 11.3 Å². The highest BCUT2D eigenvalue weighted by molar-refractivity contribution is 7.19. The van der Waals surface area contributed by atoms with E-state index in [4.69, 9.17) is 0 Å². The number of fused-ring (bicyclic) bond motifs is 3. The first-order valence-electron chi connectivity index (χ1n) is 8.99. The zero-order chi connectivity index (χ0) is 18.1. The van der Waals surface area contributed by atoms with E-state index in [1.54, 1.807) is 11.3 Å². The molecule has 3 aromatic rings. The molecule has 2 N–H and O–H groups in total. The minimum Gasteiger partial charge on any atom is -0.358 e. The van der Waals surface area contributed by atoms with Crippen molar-refractivity contribution in [3.05, 3.63) is 52.2 Å². The first kappa shape index (κ1) is 17.0. The van der Waals surface area contributed by atoms with Gasteiger partial charge in [-0.15, -0.1) is 11.3 Å². The molecule has 0 spiro atoms. The van der Waals surface area contributed by atoms with Crippen LogP contribution in [0.4, 0.5) is 5.82 Å². The number of carbonyl (C=O) groups is 1. The number of hydrogen-bond donors (Lipinski definition) is 2. The van der Waals surface area contributed by atoms with E-state index in [-0.39, 0.29) is 11.9 Å². The Morgan fingerprint density at radius 3 is 2.85 bits per heavy atom. The van der Waals surface area contributed by atoms with Gasteiger partial charge in [0.15, 0.2) is 0 Å². The van der Waals surface area contributed by atoms with Crippen LogP contribution in [-0.4, -0.2) is 21.9 Å². The van der Waals surface area contributed by atoms with Crippen LogP contribution in [0.3, 0.4) is 0 Å². The normalized spacial score (nSPS) is 14.2. The number of aryl methyl sites for hydroxylation is 3. The summed E-state index contributed by atoms with van der Waals surface area (Å²) in [6.45, 7) is 4.30. The lowest BCUT2D eigenvalue weighted by atomic mass is 10.1. The van der Waals surface area contributed by atoms with E-state index in [2.05, 4.69) is 20.6 Å². The molecule has 0 saturated carbocycles. The molecule has 1 aliphatic rings. The molecule has 6 heteroatoms. The van der Waals surface area contributed by atoms with Crippen molar-refractivity contribution in [3.63, 3.8) is 0 Å². The molecule has 1 atom stereocenters. The summed E-state index contributed by atoms with van der Waals surface area (Å²) in [5, 5.41) is 7.41. The fraction of sp³-hybridized carbons (Fsp3) is 0.350. The molecule has 2 heterocycles. The van der Waals surface area contributed by atoms with E-state index in [0.717, 1.165) is 40.3 Å². The van der Waals surface area contributed by atoms with Crippen LogP contribution < -0.4 is 10.6 Å². The number of nitrogens with one attached hydrogen (secondary N) is 2. The highest BCUT2D eigenvalue weighted by atomic mass is 32.1. The van der Waals surface area contributed by atoms with Gasteiger partial charge in [-0.1, -0.05) is 30.3 Å². The average Bonchev–Trinajstić information content (AvgIpc) is 3.20. The van der Waals surface area contributed by atoms with Gasteiger partial charge in [-0.3, -0.25) is 4.79 Å². The second kappa shape index (κ2) is 7.03. The van der Waals surface area contributed by atoms with E-state index < -0.39 is 0 Å². The minimum atomic E-state index is -0.367. The van der Waals surface area contributed by atoms with Crippen molar-refractivity contribution in [2.45, 2.75) is 45.7 Å². The van der Waals surface area contributed by atoms with Crippen LogP contribution in [0.5, 0.6) is 0 Å². The highest BCUT2D eigenvalue weighted by Gasteiger charge is 2.23. The molecule has 0 fully saturated rings. The largest absolute Gasteiger partial charge is 0.358 e. The van der Waals surface area contributed by atoms with E-state index in [9.17, 15) is 4.79 Å². The van der Waals surface area contributed by atoms with Crippen LogP contribution in [0.25, 0.3) is 10.2 Å². The average molecular weight is 366 g/mol. The van der Waals surface area contributed by atoms with Crippen LogP contribution in [0.1, 0.15) is 35.2 Å². The van der Waals surface area contributed by atoms with Gasteiger partial charge in [0.05, 0.1) is 5.39 Å². The number of nitrogens with zero attached hydrogens (tertiary/aromatic N) is 2. The number of aromatic nitrogens is 2. The Labute approximate surface area is 156 Å². The Balaban J connectivity index is 1.52. The molecule has 1 unspecified atom stereocenters. The Kier molecular flexibility index (Phi) is 4.59. The molecule has 5 nitrogen and oxygen atoms in total. The minimum absolute atomic E-state index is 0.0369. The molecular weight excluding hydrogens is 344 g/mol. The van der Waals surface area contributed by atoms with Gasteiger partial charge in [-0.2, -0.15) is 0 Å². The van der Waals surface area contributed by atoms with Gasteiger partial charge < -0.3 is 10.6 Å². The number of amides is 1. The van der Waals surface area contributed by atoms with E-state index in [0.29, 0.717) is 6.54 Å². The molecule has 1 aliphatic carbocycles. The summed E-state index contributed by atoms with van der Waals surface area (Å²) in [7, 11) is 0. The third-order valence-electron chi connectivity index (χ3n) is 4.73. The number of thiophene rings is 1. The van der Waals surface area contributed by atoms with Gasteiger partial charge >= 0.3 is 0 Å². The van der Waals surface area contributed by atoms with Crippen molar-refractivity contribution in [1.29, 1.82) is 0 Å². The predicted molar refractivity (Wildman–Crippen MR) is 106 cm³/mol. The van der Waals surface area contributed by atoms with Crippen molar-refractivity contribution in [3.8, 4) is 0 Å². The first-order valence-corrected chi connectivity index (χ1v) is 9.80. The Morgan fingerprint density at radius 2 is 2.04 bits per heavy atom. The lowest BCUT2D eigenvalue weighted by Crippen LogP contribution is -2.37. The highest BCUT2D eigenvalue weighted by Crippen LogP contribution is 2.39. The quantitative estimate of drug-likeness (QED) is 0.724. The van der Waals surface area contributed by atoms with E-state index >= 15 is 0 Å². The van der Waals surface area contributed by atoms with Crippen LogP contribution in [-0.2, 0) is 24.2 Å². The molecule has 0 radical (unpaired) electrons. The molecule has 0 bridgehead atoms. The summed E-state index contributed by atoms with van der Waals surface area (Å²) in [5.41, 5.74) is 2.45. The van der Waals surface area contributed by atoms with Gasteiger partial charge in [-0.25, -0.2) is 9.97 Å². The van der Waals surface area contributed by atoms with E-state index in [1.807, 2.05) is 44.2 Å². The Hall–Kier alpha value is -2.47. The van der Waals surface area contributed by atoms with Crippen LogP contribution in [0.2, 0.25) is 0 Å². The maximum Gasteiger partial charge on any atom is 0.242 e. The maximum absolute atomic E-state index is 12.5. The van der Waals surface area contributed by atoms with Crippen molar-refractivity contribution < 1.29 is 4.79 Å². The molecule has 2 aromatic heterocycles. The van der Waals surface area contributed by atoms with Crippen molar-refractivity contribution >= 4 is 33.3 Å². The van der Waals surface area contributed by atoms with Crippen molar-refractivity contribution in [2.24, 2.45) is 0 Å². The zero-order valence-corrected chi connectivity index (χ0v) is 15.8. The third-order valence-corrected chi connectivity index (χ3v) is 5.92. The van der Waals surface area contributed by atoms with Gasteiger partial charge in [0.2, 0.25) is 5.91 Å². The van der Waals surface area contributed by atoms with Crippen molar-refractivity contribution in [1.82, 2.24) is 15.3 Å². The maximum atomic E-state index is 12.5. The monoisotopic (exact) mass is 366 g/mol. The molecule has 1 aromatic carbocycles. The Morgan fingerprint density at radius 1 is 1.23 bits per heavy atom. The van der Waals surface area contributed by atoms with Gasteiger partial charge in [0.25, 0.3) is 0 Å². The van der Waals surface area contributed by atoms with Crippen molar-refractivity contribution in [2.75, 3.05) is 5.32 Å². The lowest BCUT2D eigenvalue weighted by Gasteiger charge is -2.16. The number of benzene rings is 1. The fourth-order valence-electron chi connectivity index (χ4n) is 3.42. The van der Waals surface area contributed by atoms with Gasteiger partial charge in [0, 0.05) is 11.4 Å². The first-order chi connectivity index (χ1) is 12.6. The summed E-state index contributed by atoms with van der Waals surface area (Å²) in [5.74, 6) is 1.48. The summed E-state index contributed by atoms with van der Waals surface area (Å²) < 4.78 is 0. The molecule has 1 amide bonds. The Bertz CT molecular complexity index is 951. The fourth-order valence-corrected chi connectivity index (χ4v) is 4.72.